The molecule has 1 atom stereocenters. The van der Waals surface area contributed by atoms with E-state index in [1.807, 2.05) is 0 Å². The normalized spacial score (nSPS) is 27.3. The first-order chi connectivity index (χ1) is 4.58. The lowest BCUT2D eigenvalue weighted by Crippen LogP contribution is -2.27. The van der Waals surface area contributed by atoms with Crippen LogP contribution in [0.2, 0.25) is 0 Å². The van der Waals surface area contributed by atoms with Gasteiger partial charge >= 0.3 is 0 Å². The standard InChI is InChI=1S/C7H14FNO/c1-7(2,8)10-6-3-4-9-5-6/h6,9H,3-5H2,1-2H3. The number of hydrogen-bond donors (Lipinski definition) is 1. The minimum atomic E-state index is -1.48. The summed E-state index contributed by atoms with van der Waals surface area (Å²) in [4.78, 5) is 0. The van der Waals surface area contributed by atoms with Gasteiger partial charge in [0, 0.05) is 6.54 Å². The van der Waals surface area contributed by atoms with Crippen LogP contribution < -0.4 is 5.32 Å². The summed E-state index contributed by atoms with van der Waals surface area (Å²) in [5, 5.41) is 3.10. The molecule has 0 bridgehead atoms. The molecule has 0 aromatic carbocycles. The Morgan fingerprint density at radius 1 is 1.60 bits per heavy atom. The Labute approximate surface area is 60.8 Å². The van der Waals surface area contributed by atoms with Crippen LogP contribution in [0.15, 0.2) is 0 Å². The van der Waals surface area contributed by atoms with Crippen molar-refractivity contribution in [3.8, 4) is 0 Å². The van der Waals surface area contributed by atoms with Gasteiger partial charge in [0.2, 0.25) is 5.85 Å². The molecule has 3 heteroatoms. The summed E-state index contributed by atoms with van der Waals surface area (Å²) in [5.74, 6) is -1.48. The van der Waals surface area contributed by atoms with E-state index in [9.17, 15) is 4.39 Å². The van der Waals surface area contributed by atoms with Gasteiger partial charge < -0.3 is 10.1 Å². The maximum atomic E-state index is 12.8. The van der Waals surface area contributed by atoms with Crippen molar-refractivity contribution >= 4 is 0 Å². The highest BCUT2D eigenvalue weighted by Crippen LogP contribution is 2.16. The topological polar surface area (TPSA) is 21.3 Å². The molecule has 0 amide bonds. The molecular formula is C7H14FNO. The van der Waals surface area contributed by atoms with Gasteiger partial charge in [0.25, 0.3) is 0 Å². The molecule has 0 aromatic rings. The molecule has 1 saturated heterocycles. The second kappa shape index (κ2) is 2.84. The van der Waals surface area contributed by atoms with Crippen LogP contribution in [0.4, 0.5) is 4.39 Å². The number of rotatable bonds is 2. The van der Waals surface area contributed by atoms with E-state index in [4.69, 9.17) is 4.74 Å². The number of alkyl halides is 1. The lowest BCUT2D eigenvalue weighted by Gasteiger charge is -2.19. The maximum absolute atomic E-state index is 12.8. The summed E-state index contributed by atoms with van der Waals surface area (Å²) < 4.78 is 17.9. The highest BCUT2D eigenvalue weighted by molar-refractivity contribution is 4.72. The zero-order valence-electron chi connectivity index (χ0n) is 6.48. The molecule has 0 aromatic heterocycles. The molecule has 1 heterocycles. The molecule has 0 saturated carbocycles. The summed E-state index contributed by atoms with van der Waals surface area (Å²) in [7, 11) is 0. The molecule has 0 radical (unpaired) electrons. The number of hydrogen-bond acceptors (Lipinski definition) is 2. The molecular weight excluding hydrogens is 133 g/mol. The fraction of sp³-hybridized carbons (Fsp3) is 1.00. The lowest BCUT2D eigenvalue weighted by atomic mass is 10.3. The third-order valence-corrected chi connectivity index (χ3v) is 1.46. The Morgan fingerprint density at radius 2 is 2.30 bits per heavy atom. The summed E-state index contributed by atoms with van der Waals surface area (Å²) in [6, 6.07) is 0. The summed E-state index contributed by atoms with van der Waals surface area (Å²) in [6.07, 6.45) is 0.993. The van der Waals surface area contributed by atoms with Crippen molar-refractivity contribution < 1.29 is 9.13 Å². The van der Waals surface area contributed by atoms with Crippen LogP contribution >= 0.6 is 0 Å². The van der Waals surface area contributed by atoms with E-state index >= 15 is 0 Å². The van der Waals surface area contributed by atoms with Gasteiger partial charge in [-0.3, -0.25) is 0 Å². The van der Waals surface area contributed by atoms with E-state index in [1.165, 1.54) is 13.8 Å². The first-order valence-corrected chi connectivity index (χ1v) is 3.65. The Balaban J connectivity index is 2.24. The van der Waals surface area contributed by atoms with E-state index in [0.29, 0.717) is 0 Å². The average molecular weight is 147 g/mol. The molecule has 1 rings (SSSR count). The van der Waals surface area contributed by atoms with Gasteiger partial charge in [0.05, 0.1) is 6.10 Å². The van der Waals surface area contributed by atoms with Crippen molar-refractivity contribution in [1.82, 2.24) is 5.32 Å². The fourth-order valence-electron chi connectivity index (χ4n) is 1.13. The quantitative estimate of drug-likeness (QED) is 0.630. The molecule has 0 aliphatic carbocycles. The third-order valence-electron chi connectivity index (χ3n) is 1.46. The minimum absolute atomic E-state index is 0.0694. The van der Waals surface area contributed by atoms with E-state index in [-0.39, 0.29) is 6.10 Å². The molecule has 60 valence electrons. The van der Waals surface area contributed by atoms with Gasteiger partial charge in [-0.05, 0) is 26.8 Å². The molecule has 2 nitrogen and oxygen atoms in total. The van der Waals surface area contributed by atoms with E-state index < -0.39 is 5.85 Å². The van der Waals surface area contributed by atoms with Gasteiger partial charge in [0.15, 0.2) is 0 Å². The van der Waals surface area contributed by atoms with Crippen molar-refractivity contribution in [2.24, 2.45) is 0 Å². The average Bonchev–Trinajstić information content (AvgIpc) is 2.12. The highest BCUT2D eigenvalue weighted by atomic mass is 19.2. The van der Waals surface area contributed by atoms with Crippen LogP contribution in [0.3, 0.4) is 0 Å². The molecule has 1 fully saturated rings. The van der Waals surface area contributed by atoms with Crippen LogP contribution in [0.1, 0.15) is 20.3 Å². The van der Waals surface area contributed by atoms with Gasteiger partial charge in [-0.1, -0.05) is 0 Å². The van der Waals surface area contributed by atoms with Gasteiger partial charge in [0.1, 0.15) is 0 Å². The molecule has 10 heavy (non-hydrogen) atoms. The highest BCUT2D eigenvalue weighted by Gasteiger charge is 2.24. The monoisotopic (exact) mass is 147 g/mol. The van der Waals surface area contributed by atoms with Crippen LogP contribution in [-0.4, -0.2) is 25.0 Å². The minimum Gasteiger partial charge on any atom is -0.341 e. The van der Waals surface area contributed by atoms with E-state index in [0.717, 1.165) is 19.5 Å². The van der Waals surface area contributed by atoms with Crippen molar-refractivity contribution in [2.75, 3.05) is 13.1 Å². The number of halogens is 1. The molecule has 1 aliphatic rings. The van der Waals surface area contributed by atoms with Crippen LogP contribution in [0, 0.1) is 0 Å². The fourth-order valence-corrected chi connectivity index (χ4v) is 1.13. The maximum Gasteiger partial charge on any atom is 0.203 e. The van der Waals surface area contributed by atoms with Crippen molar-refractivity contribution in [3.05, 3.63) is 0 Å². The predicted molar refractivity (Wildman–Crippen MR) is 37.5 cm³/mol. The Kier molecular flexibility index (Phi) is 2.26. The van der Waals surface area contributed by atoms with Crippen LogP contribution in [-0.2, 0) is 4.74 Å². The van der Waals surface area contributed by atoms with E-state index in [1.54, 1.807) is 0 Å². The Bertz CT molecular complexity index is 105. The molecule has 1 N–H and O–H groups in total. The predicted octanol–water partition coefficient (Wildman–Crippen LogP) is 1.07. The Hall–Kier alpha value is -0.150. The number of ether oxygens (including phenoxy) is 1. The summed E-state index contributed by atoms with van der Waals surface area (Å²) >= 11 is 0. The van der Waals surface area contributed by atoms with Gasteiger partial charge in [-0.2, -0.15) is 0 Å². The van der Waals surface area contributed by atoms with Crippen molar-refractivity contribution in [1.29, 1.82) is 0 Å². The number of nitrogens with one attached hydrogen (secondary N) is 1. The first-order valence-electron chi connectivity index (χ1n) is 3.65. The first kappa shape index (κ1) is 7.95. The SMILES string of the molecule is CC(C)(F)OC1CCNC1. The van der Waals surface area contributed by atoms with Crippen LogP contribution in [0.25, 0.3) is 0 Å². The zero-order chi connectivity index (χ0) is 7.61. The van der Waals surface area contributed by atoms with E-state index in [2.05, 4.69) is 5.32 Å². The van der Waals surface area contributed by atoms with Gasteiger partial charge in [-0.15, -0.1) is 0 Å². The molecule has 0 spiro atoms. The van der Waals surface area contributed by atoms with Crippen LogP contribution in [0.5, 0.6) is 0 Å². The van der Waals surface area contributed by atoms with Crippen molar-refractivity contribution in [3.63, 3.8) is 0 Å². The van der Waals surface area contributed by atoms with Gasteiger partial charge in [-0.25, -0.2) is 4.39 Å². The third kappa shape index (κ3) is 2.62. The smallest absolute Gasteiger partial charge is 0.203 e. The Morgan fingerprint density at radius 3 is 2.70 bits per heavy atom. The zero-order valence-corrected chi connectivity index (χ0v) is 6.48. The second-order valence-corrected chi connectivity index (χ2v) is 3.10. The molecule has 1 aliphatic heterocycles. The lowest BCUT2D eigenvalue weighted by molar-refractivity contribution is -0.147. The summed E-state index contributed by atoms with van der Waals surface area (Å²) in [6.45, 7) is 4.60. The largest absolute Gasteiger partial charge is 0.341 e. The molecule has 1 unspecified atom stereocenters. The second-order valence-electron chi connectivity index (χ2n) is 3.10. The van der Waals surface area contributed by atoms with Crippen molar-refractivity contribution in [2.45, 2.75) is 32.2 Å². The summed E-state index contributed by atoms with van der Waals surface area (Å²) in [5.41, 5.74) is 0.